The van der Waals surface area contributed by atoms with Crippen LogP contribution >= 0.6 is 0 Å². The van der Waals surface area contributed by atoms with E-state index in [0.29, 0.717) is 0 Å². The number of rotatable bonds is 7. The Balaban J connectivity index is 1.05. The van der Waals surface area contributed by atoms with E-state index in [1.807, 2.05) is 0 Å². The van der Waals surface area contributed by atoms with E-state index in [0.717, 1.165) is 34.1 Å². The molecule has 0 amide bonds. The van der Waals surface area contributed by atoms with Crippen molar-refractivity contribution >= 4 is 55.9 Å². The van der Waals surface area contributed by atoms with Crippen LogP contribution in [0.4, 0.5) is 34.1 Å². The first-order valence-corrected chi connectivity index (χ1v) is 22.5. The fourth-order valence-electron chi connectivity index (χ4n) is 11.2. The topological polar surface area (TPSA) is 11.4 Å². The van der Waals surface area contributed by atoms with E-state index in [9.17, 15) is 0 Å². The Bertz CT molecular complexity index is 3560. The summed E-state index contributed by atoms with van der Waals surface area (Å²) in [4.78, 5) is 4.84. The molecule has 0 saturated carbocycles. The van der Waals surface area contributed by atoms with Crippen molar-refractivity contribution in [1.82, 2.24) is 4.57 Å². The molecule has 1 unspecified atom stereocenters. The Labute approximate surface area is 379 Å². The molecular formula is C62H43N3. The number of hydrogen-bond donors (Lipinski definition) is 0. The van der Waals surface area contributed by atoms with Crippen molar-refractivity contribution < 1.29 is 0 Å². The molecule has 11 aromatic rings. The second-order valence-corrected chi connectivity index (χ2v) is 17.3. The molecule has 13 rings (SSSR count). The number of aromatic nitrogens is 1. The number of para-hydroxylation sites is 3. The summed E-state index contributed by atoms with van der Waals surface area (Å²) in [6.45, 7) is 0. The minimum absolute atomic E-state index is 0.564. The molecule has 65 heavy (non-hydrogen) atoms. The summed E-state index contributed by atoms with van der Waals surface area (Å²) in [5.41, 5.74) is 21.3. The van der Waals surface area contributed by atoms with E-state index >= 15 is 0 Å². The third-order valence-corrected chi connectivity index (χ3v) is 14.0. The van der Waals surface area contributed by atoms with Crippen molar-refractivity contribution in [2.45, 2.75) is 5.41 Å². The van der Waals surface area contributed by atoms with Gasteiger partial charge >= 0.3 is 0 Å². The lowest BCUT2D eigenvalue weighted by Crippen LogP contribution is -2.26. The zero-order chi connectivity index (χ0) is 43.1. The van der Waals surface area contributed by atoms with E-state index in [2.05, 4.69) is 264 Å². The van der Waals surface area contributed by atoms with Crippen LogP contribution in [0.1, 0.15) is 22.3 Å². The van der Waals surface area contributed by atoms with Crippen molar-refractivity contribution in [3.63, 3.8) is 0 Å². The van der Waals surface area contributed by atoms with Gasteiger partial charge in [-0.2, -0.15) is 0 Å². The van der Waals surface area contributed by atoms with E-state index in [1.165, 1.54) is 77.4 Å². The third-order valence-electron chi connectivity index (χ3n) is 14.0. The van der Waals surface area contributed by atoms with Gasteiger partial charge in [0.15, 0.2) is 0 Å². The molecule has 0 aliphatic heterocycles. The first kappa shape index (κ1) is 37.2. The van der Waals surface area contributed by atoms with Gasteiger partial charge in [-0.1, -0.05) is 164 Å². The van der Waals surface area contributed by atoms with Gasteiger partial charge in [0.1, 0.15) is 0 Å². The number of fused-ring (bicyclic) bond motifs is 13. The number of benzene rings is 10. The van der Waals surface area contributed by atoms with E-state index < -0.39 is 5.41 Å². The lowest BCUT2D eigenvalue weighted by atomic mass is 9.70. The molecule has 306 valence electrons. The molecule has 1 atom stereocenters. The molecule has 3 heteroatoms. The Kier molecular flexibility index (Phi) is 8.34. The predicted octanol–water partition coefficient (Wildman–Crippen LogP) is 16.3. The molecular weight excluding hydrogens is 787 g/mol. The maximum Gasteiger partial charge on any atom is 0.0727 e. The molecule has 0 N–H and O–H groups in total. The normalized spacial score (nSPS) is 14.3. The standard InChI is InChI=1S/C62H43N3/c1-63-60-28-16-13-25-54(60)55-38-35-49(41-61(55)63)65(46-31-29-43(30-32-46)42-17-5-2-6-18-42)48-34-37-53-51-24-12-15-27-57(51)62(59(53)40-48)56-26-14-11-23-50(56)52-36-33-47(39-58(52)62)64(44-19-7-3-8-20-44)45-21-9-4-10-22-45/h2-41H,1H3. The van der Waals surface area contributed by atoms with Gasteiger partial charge in [0.2, 0.25) is 0 Å². The van der Waals surface area contributed by atoms with Crippen LogP contribution in [0.15, 0.2) is 243 Å². The SMILES string of the molecule is Cn1c2ccccc2c2ccc(N(c3ccc(-c4ccccc4)cc3)c3ccc4c(c3)C3(c5ccccc5-c5ccc(N(c6ccccc6)c6ccccc6)cc53)c3ccccc3-4)cc21. The van der Waals surface area contributed by atoms with Crippen molar-refractivity contribution in [2.75, 3.05) is 9.80 Å². The first-order valence-electron chi connectivity index (χ1n) is 22.5. The van der Waals surface area contributed by atoms with Gasteiger partial charge in [-0.3, -0.25) is 0 Å². The Hall–Kier alpha value is -8.40. The van der Waals surface area contributed by atoms with Gasteiger partial charge < -0.3 is 14.4 Å². The molecule has 3 nitrogen and oxygen atoms in total. The van der Waals surface area contributed by atoms with Gasteiger partial charge in [-0.25, -0.2) is 0 Å². The molecule has 2 aliphatic carbocycles. The quantitative estimate of drug-likeness (QED) is 0.159. The van der Waals surface area contributed by atoms with Gasteiger partial charge in [-0.05, 0) is 134 Å². The van der Waals surface area contributed by atoms with Crippen LogP contribution in [0.5, 0.6) is 0 Å². The minimum atomic E-state index is -0.564. The summed E-state index contributed by atoms with van der Waals surface area (Å²) >= 11 is 0. The van der Waals surface area contributed by atoms with E-state index in [4.69, 9.17) is 0 Å². The predicted molar refractivity (Wildman–Crippen MR) is 272 cm³/mol. The number of anilines is 6. The average molecular weight is 830 g/mol. The number of aryl methyl sites for hydroxylation is 1. The Morgan fingerprint density at radius 3 is 1.29 bits per heavy atom. The highest BCUT2D eigenvalue weighted by Gasteiger charge is 2.52. The van der Waals surface area contributed by atoms with Crippen LogP contribution < -0.4 is 9.80 Å². The second kappa shape index (κ2) is 14.6. The highest BCUT2D eigenvalue weighted by molar-refractivity contribution is 6.09. The second-order valence-electron chi connectivity index (χ2n) is 17.3. The fourth-order valence-corrected chi connectivity index (χ4v) is 11.2. The maximum atomic E-state index is 2.50. The van der Waals surface area contributed by atoms with E-state index in [1.54, 1.807) is 0 Å². The molecule has 0 saturated heterocycles. The molecule has 0 fully saturated rings. The average Bonchev–Trinajstić information content (AvgIpc) is 3.95. The Morgan fingerprint density at radius 1 is 0.292 bits per heavy atom. The minimum Gasteiger partial charge on any atom is -0.344 e. The number of nitrogens with zero attached hydrogens (tertiary/aromatic N) is 3. The van der Waals surface area contributed by atoms with Gasteiger partial charge in [0.05, 0.1) is 10.9 Å². The summed E-state index contributed by atoms with van der Waals surface area (Å²) in [5, 5.41) is 2.52. The van der Waals surface area contributed by atoms with Crippen molar-refractivity contribution in [1.29, 1.82) is 0 Å². The lowest BCUT2D eigenvalue weighted by molar-refractivity contribution is 0.793. The molecule has 1 spiro atoms. The Morgan fingerprint density at radius 2 is 0.692 bits per heavy atom. The van der Waals surface area contributed by atoms with Gasteiger partial charge in [0, 0.05) is 57.5 Å². The van der Waals surface area contributed by atoms with Crippen LogP contribution in [0.25, 0.3) is 55.2 Å². The molecule has 1 heterocycles. The van der Waals surface area contributed by atoms with Crippen LogP contribution in [0, 0.1) is 0 Å². The summed E-state index contributed by atoms with van der Waals surface area (Å²) < 4.78 is 2.33. The maximum absolute atomic E-state index is 2.50. The zero-order valence-electron chi connectivity index (χ0n) is 35.9. The van der Waals surface area contributed by atoms with Crippen molar-refractivity contribution in [2.24, 2.45) is 7.05 Å². The smallest absolute Gasteiger partial charge is 0.0727 e. The molecule has 1 aromatic heterocycles. The lowest BCUT2D eigenvalue weighted by Gasteiger charge is -2.33. The third kappa shape index (κ3) is 5.55. The highest BCUT2D eigenvalue weighted by atomic mass is 15.1. The first-order chi connectivity index (χ1) is 32.2. The molecule has 0 radical (unpaired) electrons. The summed E-state index contributed by atoms with van der Waals surface area (Å²) in [5.74, 6) is 0. The van der Waals surface area contributed by atoms with E-state index in [-0.39, 0.29) is 0 Å². The largest absolute Gasteiger partial charge is 0.344 e. The zero-order valence-corrected chi connectivity index (χ0v) is 35.9. The van der Waals surface area contributed by atoms with Gasteiger partial charge in [-0.15, -0.1) is 0 Å². The summed E-state index contributed by atoms with van der Waals surface area (Å²) in [6.07, 6.45) is 0. The van der Waals surface area contributed by atoms with Crippen molar-refractivity contribution in [3.8, 4) is 33.4 Å². The summed E-state index contributed by atoms with van der Waals surface area (Å²) in [7, 11) is 2.18. The van der Waals surface area contributed by atoms with Crippen LogP contribution in [-0.4, -0.2) is 4.57 Å². The molecule has 10 aromatic carbocycles. The molecule has 0 bridgehead atoms. The van der Waals surface area contributed by atoms with Gasteiger partial charge in [0.25, 0.3) is 0 Å². The van der Waals surface area contributed by atoms with Crippen LogP contribution in [0.3, 0.4) is 0 Å². The highest BCUT2D eigenvalue weighted by Crippen LogP contribution is 2.64. The monoisotopic (exact) mass is 829 g/mol. The van der Waals surface area contributed by atoms with Crippen LogP contribution in [-0.2, 0) is 12.5 Å². The van der Waals surface area contributed by atoms with Crippen LogP contribution in [0.2, 0.25) is 0 Å². The number of hydrogen-bond acceptors (Lipinski definition) is 2. The fraction of sp³-hybridized carbons (Fsp3) is 0.0323. The molecule has 2 aliphatic rings. The summed E-state index contributed by atoms with van der Waals surface area (Å²) in [6, 6.07) is 89.4. The van der Waals surface area contributed by atoms with Crippen molar-refractivity contribution in [3.05, 3.63) is 265 Å².